The molecule has 0 saturated carbocycles. The summed E-state index contributed by atoms with van der Waals surface area (Å²) in [4.78, 5) is 0. The summed E-state index contributed by atoms with van der Waals surface area (Å²) in [6, 6.07) is 0. The van der Waals surface area contributed by atoms with Gasteiger partial charge in [-0.05, 0) is 46.0 Å². The van der Waals surface area contributed by atoms with Crippen molar-refractivity contribution in [1.29, 1.82) is 0 Å². The van der Waals surface area contributed by atoms with Crippen LogP contribution in [0.2, 0.25) is 0 Å². The van der Waals surface area contributed by atoms with Gasteiger partial charge in [-0.25, -0.2) is 0 Å². The van der Waals surface area contributed by atoms with Crippen LogP contribution in [-0.2, 0) is 4.74 Å². The molecule has 1 aliphatic rings. The van der Waals surface area contributed by atoms with Gasteiger partial charge in [0.1, 0.15) is 0 Å². The Morgan fingerprint density at radius 2 is 1.94 bits per heavy atom. The highest BCUT2D eigenvalue weighted by atomic mass is 16.5. The van der Waals surface area contributed by atoms with Crippen molar-refractivity contribution in [2.75, 3.05) is 6.61 Å². The second-order valence-electron chi connectivity index (χ2n) is 5.73. The zero-order valence-electron chi connectivity index (χ0n) is 11.3. The Balaban J connectivity index is 1.97. The Labute approximate surface area is 101 Å². The summed E-state index contributed by atoms with van der Waals surface area (Å²) in [6.07, 6.45) is 11.9. The van der Waals surface area contributed by atoms with E-state index in [0.29, 0.717) is 5.92 Å². The average Bonchev–Trinajstić information content (AvgIpc) is 2.56. The van der Waals surface area contributed by atoms with Crippen LogP contribution in [0.5, 0.6) is 0 Å². The average molecular weight is 222 g/mol. The van der Waals surface area contributed by atoms with Crippen LogP contribution in [0.3, 0.4) is 0 Å². The first-order chi connectivity index (χ1) is 7.47. The standard InChI is InChI=1S/C15H26O/c1-13-9-10-14(12-13)8-6-5-7-11-16-15(2,3)4/h9-10,12-13H,5-8,11H2,1-4H3. The van der Waals surface area contributed by atoms with Gasteiger partial charge in [-0.3, -0.25) is 0 Å². The SMILES string of the molecule is CC1C=CC(CCCCCOC(C)(C)C)=C1. The van der Waals surface area contributed by atoms with Crippen molar-refractivity contribution in [3.8, 4) is 0 Å². The Hall–Kier alpha value is -0.560. The van der Waals surface area contributed by atoms with E-state index in [4.69, 9.17) is 4.74 Å². The fourth-order valence-electron chi connectivity index (χ4n) is 1.88. The molecule has 1 atom stereocenters. The van der Waals surface area contributed by atoms with E-state index in [0.717, 1.165) is 6.61 Å². The van der Waals surface area contributed by atoms with Gasteiger partial charge in [0, 0.05) is 6.61 Å². The lowest BCUT2D eigenvalue weighted by Gasteiger charge is -2.19. The number of allylic oxidation sites excluding steroid dienone is 4. The summed E-state index contributed by atoms with van der Waals surface area (Å²) in [5, 5.41) is 0. The summed E-state index contributed by atoms with van der Waals surface area (Å²) in [6.45, 7) is 9.48. The van der Waals surface area contributed by atoms with E-state index in [1.54, 1.807) is 0 Å². The maximum atomic E-state index is 5.69. The Morgan fingerprint density at radius 3 is 2.50 bits per heavy atom. The third kappa shape index (κ3) is 6.12. The molecule has 92 valence electrons. The molecule has 0 amide bonds. The molecule has 0 bridgehead atoms. The van der Waals surface area contributed by atoms with E-state index in [-0.39, 0.29) is 5.60 Å². The molecule has 1 aliphatic carbocycles. The maximum absolute atomic E-state index is 5.69. The third-order valence-corrected chi connectivity index (χ3v) is 2.74. The Bertz CT molecular complexity index is 255. The van der Waals surface area contributed by atoms with Crippen LogP contribution >= 0.6 is 0 Å². The highest BCUT2D eigenvalue weighted by molar-refractivity contribution is 5.28. The summed E-state index contributed by atoms with van der Waals surface area (Å²) in [7, 11) is 0. The van der Waals surface area contributed by atoms with Crippen molar-refractivity contribution in [1.82, 2.24) is 0 Å². The van der Waals surface area contributed by atoms with Crippen molar-refractivity contribution >= 4 is 0 Å². The van der Waals surface area contributed by atoms with Crippen molar-refractivity contribution < 1.29 is 4.74 Å². The van der Waals surface area contributed by atoms with Gasteiger partial charge in [0.2, 0.25) is 0 Å². The normalized spacial score (nSPS) is 20.2. The van der Waals surface area contributed by atoms with Crippen molar-refractivity contribution in [3.63, 3.8) is 0 Å². The minimum atomic E-state index is 0.0200. The molecular formula is C15H26O. The molecule has 0 N–H and O–H groups in total. The summed E-state index contributed by atoms with van der Waals surface area (Å²) >= 11 is 0. The van der Waals surface area contributed by atoms with Crippen molar-refractivity contribution in [2.24, 2.45) is 5.92 Å². The number of ether oxygens (including phenoxy) is 1. The maximum Gasteiger partial charge on any atom is 0.0598 e. The van der Waals surface area contributed by atoms with E-state index >= 15 is 0 Å². The molecule has 0 radical (unpaired) electrons. The van der Waals surface area contributed by atoms with Crippen LogP contribution in [0.15, 0.2) is 23.8 Å². The molecule has 16 heavy (non-hydrogen) atoms. The van der Waals surface area contributed by atoms with Gasteiger partial charge in [0.05, 0.1) is 5.60 Å². The van der Waals surface area contributed by atoms with Crippen molar-refractivity contribution in [3.05, 3.63) is 23.8 Å². The van der Waals surface area contributed by atoms with Crippen LogP contribution < -0.4 is 0 Å². The zero-order valence-corrected chi connectivity index (χ0v) is 11.3. The molecule has 1 rings (SSSR count). The molecule has 0 aromatic heterocycles. The van der Waals surface area contributed by atoms with E-state index < -0.39 is 0 Å². The molecule has 1 unspecified atom stereocenters. The topological polar surface area (TPSA) is 9.23 Å². The first kappa shape index (κ1) is 13.5. The third-order valence-electron chi connectivity index (χ3n) is 2.74. The fraction of sp³-hybridized carbons (Fsp3) is 0.733. The summed E-state index contributed by atoms with van der Waals surface area (Å²) < 4.78 is 5.69. The monoisotopic (exact) mass is 222 g/mol. The number of hydrogen-bond acceptors (Lipinski definition) is 1. The van der Waals surface area contributed by atoms with Crippen LogP contribution in [0.1, 0.15) is 53.4 Å². The van der Waals surface area contributed by atoms with Crippen LogP contribution in [0, 0.1) is 5.92 Å². The van der Waals surface area contributed by atoms with Gasteiger partial charge in [0.15, 0.2) is 0 Å². The second-order valence-corrected chi connectivity index (χ2v) is 5.73. The molecule has 1 nitrogen and oxygen atoms in total. The molecule has 0 spiro atoms. The highest BCUT2D eigenvalue weighted by Crippen LogP contribution is 2.20. The van der Waals surface area contributed by atoms with Gasteiger partial charge >= 0.3 is 0 Å². The molecule has 0 heterocycles. The van der Waals surface area contributed by atoms with Crippen molar-refractivity contribution in [2.45, 2.75) is 59.0 Å². The van der Waals surface area contributed by atoms with Crippen LogP contribution in [0.25, 0.3) is 0 Å². The largest absolute Gasteiger partial charge is 0.376 e. The molecule has 1 heteroatoms. The smallest absolute Gasteiger partial charge is 0.0598 e. The Kier molecular flexibility index (Phi) is 5.27. The number of hydrogen-bond donors (Lipinski definition) is 0. The quantitative estimate of drug-likeness (QED) is 0.601. The molecule has 0 saturated heterocycles. The fourth-order valence-corrected chi connectivity index (χ4v) is 1.88. The highest BCUT2D eigenvalue weighted by Gasteiger charge is 2.09. The summed E-state index contributed by atoms with van der Waals surface area (Å²) in [5.74, 6) is 0.652. The predicted molar refractivity (Wildman–Crippen MR) is 70.6 cm³/mol. The van der Waals surface area contributed by atoms with E-state index in [9.17, 15) is 0 Å². The molecule has 0 aromatic rings. The first-order valence-electron chi connectivity index (χ1n) is 6.50. The minimum Gasteiger partial charge on any atom is -0.376 e. The minimum absolute atomic E-state index is 0.0200. The van der Waals surface area contributed by atoms with Crippen LogP contribution in [-0.4, -0.2) is 12.2 Å². The Morgan fingerprint density at radius 1 is 1.19 bits per heavy atom. The van der Waals surface area contributed by atoms with Gasteiger partial charge < -0.3 is 4.74 Å². The van der Waals surface area contributed by atoms with Gasteiger partial charge in [-0.15, -0.1) is 0 Å². The lowest BCUT2D eigenvalue weighted by atomic mass is 10.1. The zero-order chi connectivity index (χ0) is 12.0. The second kappa shape index (κ2) is 6.24. The van der Waals surface area contributed by atoms with Gasteiger partial charge in [0.25, 0.3) is 0 Å². The van der Waals surface area contributed by atoms with E-state index in [1.807, 2.05) is 0 Å². The van der Waals surface area contributed by atoms with E-state index in [1.165, 1.54) is 31.3 Å². The lowest BCUT2D eigenvalue weighted by molar-refractivity contribution is -0.00469. The molecule has 0 fully saturated rings. The number of unbranched alkanes of at least 4 members (excludes halogenated alkanes) is 2. The lowest BCUT2D eigenvalue weighted by Crippen LogP contribution is -2.19. The predicted octanol–water partition coefficient (Wildman–Crippen LogP) is 4.49. The molecule has 0 aromatic carbocycles. The van der Waals surface area contributed by atoms with E-state index in [2.05, 4.69) is 45.9 Å². The molecular weight excluding hydrogens is 196 g/mol. The van der Waals surface area contributed by atoms with Gasteiger partial charge in [-0.2, -0.15) is 0 Å². The summed E-state index contributed by atoms with van der Waals surface area (Å²) in [5.41, 5.74) is 1.54. The van der Waals surface area contributed by atoms with Crippen LogP contribution in [0.4, 0.5) is 0 Å². The first-order valence-corrected chi connectivity index (χ1v) is 6.50. The molecule has 0 aliphatic heterocycles. The van der Waals surface area contributed by atoms with Gasteiger partial charge in [-0.1, -0.05) is 37.1 Å². The number of rotatable bonds is 6.